The fourth-order valence-electron chi connectivity index (χ4n) is 4.11. The fourth-order valence-corrected chi connectivity index (χ4v) is 5.41. The number of rotatable bonds is 12. The van der Waals surface area contributed by atoms with Crippen molar-refractivity contribution in [2.24, 2.45) is 0 Å². The molecule has 0 aliphatic carbocycles. The maximum Gasteiger partial charge on any atom is 0.207 e. The Balaban J connectivity index is 0.000000379. The highest BCUT2D eigenvalue weighted by Gasteiger charge is 2.14. The molecule has 262 valence electrons. The molecule has 0 radical (unpaired) electrons. The normalized spacial score (nSPS) is 15.2. The topological polar surface area (TPSA) is 152 Å². The summed E-state index contributed by atoms with van der Waals surface area (Å²) >= 11 is 3.35. The van der Waals surface area contributed by atoms with Gasteiger partial charge in [-0.15, -0.1) is 0 Å². The van der Waals surface area contributed by atoms with Crippen molar-refractivity contribution in [1.29, 1.82) is 0 Å². The van der Waals surface area contributed by atoms with Gasteiger partial charge in [0.05, 0.1) is 18.0 Å². The molecule has 0 spiro atoms. The number of likely N-dealkylation sites (tertiary alicyclic amines) is 1. The van der Waals surface area contributed by atoms with Gasteiger partial charge in [0.2, 0.25) is 6.41 Å². The SMILES string of the molecule is CC(O)F.CC1CCCN1C.CN(CC=O)Cc1cc(Br)ccc1C=O.O=CNC/C(=C/c1c[nH]ccc1=O)NS(=O)c1ccccc1. The van der Waals surface area contributed by atoms with Gasteiger partial charge in [0.15, 0.2) is 11.8 Å². The first-order valence-corrected chi connectivity index (χ1v) is 17.0. The molecule has 48 heavy (non-hydrogen) atoms. The number of alkyl halides is 1. The number of aromatic nitrogens is 1. The number of benzene rings is 2. The average molecular weight is 751 g/mol. The number of carbonyl (C=O) groups excluding carboxylic acids is 3. The molecule has 2 heterocycles. The van der Waals surface area contributed by atoms with Gasteiger partial charge in [0.25, 0.3) is 0 Å². The molecule has 3 atom stereocenters. The van der Waals surface area contributed by atoms with Crippen molar-refractivity contribution in [1.82, 2.24) is 24.8 Å². The first-order chi connectivity index (χ1) is 22.9. The Labute approximate surface area is 292 Å². The molecular formula is C34H45BrFN5O6S. The van der Waals surface area contributed by atoms with E-state index in [-0.39, 0.29) is 12.0 Å². The second-order valence-electron chi connectivity index (χ2n) is 10.7. The van der Waals surface area contributed by atoms with Gasteiger partial charge >= 0.3 is 0 Å². The quantitative estimate of drug-likeness (QED) is 0.203. The van der Waals surface area contributed by atoms with Crippen LogP contribution in [0.25, 0.3) is 6.08 Å². The molecule has 3 unspecified atom stereocenters. The monoisotopic (exact) mass is 749 g/mol. The van der Waals surface area contributed by atoms with Gasteiger partial charge < -0.3 is 29.8 Å². The van der Waals surface area contributed by atoms with Gasteiger partial charge in [0, 0.05) is 52.3 Å². The number of hydrogen-bond donors (Lipinski definition) is 4. The molecule has 4 rings (SSSR count). The highest BCUT2D eigenvalue weighted by molar-refractivity contribution is 9.10. The van der Waals surface area contributed by atoms with Gasteiger partial charge in [-0.3, -0.25) is 19.3 Å². The number of amides is 1. The minimum absolute atomic E-state index is 0.135. The minimum atomic E-state index is -1.67. The highest BCUT2D eigenvalue weighted by Crippen LogP contribution is 2.17. The maximum atomic E-state index is 12.3. The molecule has 3 aromatic rings. The number of hydrogen-bond acceptors (Lipinski definition) is 8. The van der Waals surface area contributed by atoms with E-state index < -0.39 is 17.3 Å². The third kappa shape index (κ3) is 17.9. The molecule has 2 aromatic carbocycles. The molecule has 1 aromatic heterocycles. The van der Waals surface area contributed by atoms with Crippen LogP contribution in [0.15, 0.2) is 86.9 Å². The predicted molar refractivity (Wildman–Crippen MR) is 191 cm³/mol. The Hall–Kier alpha value is -3.82. The zero-order chi connectivity index (χ0) is 35.9. The number of H-pyrrole nitrogens is 1. The third-order valence-corrected chi connectivity index (χ3v) is 8.33. The first-order valence-electron chi connectivity index (χ1n) is 15.1. The lowest BCUT2D eigenvalue weighted by molar-refractivity contribution is -0.109. The average Bonchev–Trinajstić information content (AvgIpc) is 3.43. The van der Waals surface area contributed by atoms with Crippen LogP contribution in [0.5, 0.6) is 0 Å². The number of nitrogens with one attached hydrogen (secondary N) is 3. The van der Waals surface area contributed by atoms with Crippen LogP contribution in [0.4, 0.5) is 4.39 Å². The molecule has 4 N–H and O–H groups in total. The number of aromatic amines is 1. The lowest BCUT2D eigenvalue weighted by Crippen LogP contribution is -2.26. The van der Waals surface area contributed by atoms with Crippen LogP contribution in [0.1, 0.15) is 48.2 Å². The Bertz CT molecular complexity index is 1500. The summed E-state index contributed by atoms with van der Waals surface area (Å²) in [5.74, 6) is 0. The van der Waals surface area contributed by atoms with Crippen LogP contribution >= 0.6 is 15.9 Å². The van der Waals surface area contributed by atoms with Crippen molar-refractivity contribution < 1.29 is 28.1 Å². The second-order valence-corrected chi connectivity index (χ2v) is 12.8. The first kappa shape index (κ1) is 42.2. The van der Waals surface area contributed by atoms with Crippen molar-refractivity contribution in [3.05, 3.63) is 104 Å². The van der Waals surface area contributed by atoms with E-state index in [1.54, 1.807) is 36.4 Å². The number of carbonyl (C=O) groups is 3. The summed E-state index contributed by atoms with van der Waals surface area (Å²) in [6.45, 7) is 5.74. The molecule has 1 saturated heterocycles. The Morgan fingerprint density at radius 2 is 1.88 bits per heavy atom. The fraction of sp³-hybridized carbons (Fsp3) is 0.353. The smallest absolute Gasteiger partial charge is 0.207 e. The number of aldehydes is 2. The lowest BCUT2D eigenvalue weighted by Gasteiger charge is -2.14. The van der Waals surface area contributed by atoms with Crippen LogP contribution in [0.3, 0.4) is 0 Å². The number of pyridine rings is 1. The van der Waals surface area contributed by atoms with Crippen molar-refractivity contribution in [3.8, 4) is 0 Å². The van der Waals surface area contributed by atoms with Crippen LogP contribution in [-0.2, 0) is 27.1 Å². The molecule has 0 saturated carbocycles. The number of halogens is 2. The zero-order valence-electron chi connectivity index (χ0n) is 27.6. The molecule has 11 nitrogen and oxygen atoms in total. The van der Waals surface area contributed by atoms with E-state index >= 15 is 0 Å². The number of likely N-dealkylation sites (N-methyl/N-ethyl adjacent to an activating group) is 1. The standard InChI is InChI=1S/C15H15N3O3S.C11H12BrNO2.C6H13N.C2H5FO/c19-11-17-10-13(8-12-9-16-7-6-15(12)20)18-22(21)14-4-2-1-3-5-14;1-13(4-5-14)7-10-6-11(12)3-2-9(10)8-15;1-6-4-3-5-7(6)2;1-2(3)4/h1-9,11,18H,10H2,(H,16,20)(H,17,19);2-3,5-6,8H,4,7H2,1H3;6H,3-5H2,1-2H3;2,4H,1H3/b13-8-;;;. The molecule has 0 bridgehead atoms. The maximum absolute atomic E-state index is 12.3. The van der Waals surface area contributed by atoms with E-state index in [1.165, 1.54) is 37.8 Å². The highest BCUT2D eigenvalue weighted by atomic mass is 79.9. The molecule has 14 heteroatoms. The summed E-state index contributed by atoms with van der Waals surface area (Å²) in [6.07, 6.45) is 7.96. The largest absolute Gasteiger partial charge is 0.367 e. The number of aliphatic hydroxyl groups is 1. The van der Waals surface area contributed by atoms with Gasteiger partial charge in [-0.2, -0.15) is 0 Å². The summed E-state index contributed by atoms with van der Waals surface area (Å²) in [5, 5.41) is 9.88. The second kappa shape index (κ2) is 24.3. The van der Waals surface area contributed by atoms with Crippen molar-refractivity contribution in [2.75, 3.05) is 33.7 Å². The van der Waals surface area contributed by atoms with E-state index in [1.807, 2.05) is 30.1 Å². The van der Waals surface area contributed by atoms with Gasteiger partial charge in [-0.05, 0) is 83.2 Å². The summed E-state index contributed by atoms with van der Waals surface area (Å²) < 4.78 is 26.5. The molecule has 1 aliphatic heterocycles. The molecule has 1 fully saturated rings. The number of aliphatic hydroxyl groups excluding tert-OH is 1. The van der Waals surface area contributed by atoms with Crippen LogP contribution in [0.2, 0.25) is 0 Å². The summed E-state index contributed by atoms with van der Waals surface area (Å²) in [7, 11) is 2.55. The Morgan fingerprint density at radius 1 is 1.19 bits per heavy atom. The molecule has 1 amide bonds. The van der Waals surface area contributed by atoms with Crippen LogP contribution < -0.4 is 15.5 Å². The van der Waals surface area contributed by atoms with Crippen molar-refractivity contribution in [3.63, 3.8) is 0 Å². The summed E-state index contributed by atoms with van der Waals surface area (Å²) in [5.41, 5.74) is 2.28. The van der Waals surface area contributed by atoms with E-state index in [0.29, 0.717) is 41.2 Å². The minimum Gasteiger partial charge on any atom is -0.367 e. The lowest BCUT2D eigenvalue weighted by atomic mass is 10.1. The van der Waals surface area contributed by atoms with Crippen LogP contribution in [-0.4, -0.2) is 89.2 Å². The summed E-state index contributed by atoms with van der Waals surface area (Å²) in [6, 6.07) is 16.6. The molecule has 1 aliphatic rings. The van der Waals surface area contributed by atoms with E-state index in [9.17, 15) is 27.8 Å². The van der Waals surface area contributed by atoms with Gasteiger partial charge in [-0.25, -0.2) is 8.60 Å². The third-order valence-electron chi connectivity index (χ3n) is 6.68. The Morgan fingerprint density at radius 3 is 2.40 bits per heavy atom. The van der Waals surface area contributed by atoms with Crippen molar-refractivity contribution >= 4 is 52.0 Å². The summed E-state index contributed by atoms with van der Waals surface area (Å²) in [4.78, 5) is 50.9. The van der Waals surface area contributed by atoms with E-state index in [0.717, 1.165) is 35.6 Å². The van der Waals surface area contributed by atoms with E-state index in [2.05, 4.69) is 49.8 Å². The molecular weight excluding hydrogens is 705 g/mol. The zero-order valence-corrected chi connectivity index (χ0v) is 30.0. The van der Waals surface area contributed by atoms with Crippen molar-refractivity contribution in [2.45, 2.75) is 50.5 Å². The van der Waals surface area contributed by atoms with Gasteiger partial charge in [-0.1, -0.05) is 40.2 Å². The van der Waals surface area contributed by atoms with E-state index in [4.69, 9.17) is 5.11 Å². The van der Waals surface area contributed by atoms with Crippen LogP contribution in [0, 0.1) is 0 Å². The van der Waals surface area contributed by atoms with Gasteiger partial charge in [0.1, 0.15) is 23.6 Å². The Kier molecular flexibility index (Phi) is 21.4. The number of nitrogens with zero attached hydrogens (tertiary/aromatic N) is 2. The predicted octanol–water partition coefficient (Wildman–Crippen LogP) is 4.06.